The highest BCUT2D eigenvalue weighted by atomic mass is 35.5. The zero-order valence-corrected chi connectivity index (χ0v) is 15.3. The summed E-state index contributed by atoms with van der Waals surface area (Å²) in [6.07, 6.45) is 0.263. The lowest BCUT2D eigenvalue weighted by Crippen LogP contribution is -2.39. The van der Waals surface area contributed by atoms with Gasteiger partial charge in [-0.2, -0.15) is 0 Å². The fourth-order valence-corrected chi connectivity index (χ4v) is 2.17. The Kier molecular flexibility index (Phi) is 7.16. The zero-order chi connectivity index (χ0) is 17.6. The van der Waals surface area contributed by atoms with E-state index in [0.717, 1.165) is 5.69 Å². The normalized spacial score (nSPS) is 13.0. The molecule has 1 aromatic rings. The molecule has 23 heavy (non-hydrogen) atoms. The molecule has 0 saturated carbocycles. The van der Waals surface area contributed by atoms with E-state index in [0.29, 0.717) is 23.3 Å². The Hall–Kier alpha value is -1.46. The highest BCUT2D eigenvalue weighted by Gasteiger charge is 2.21. The predicted octanol–water partition coefficient (Wildman–Crippen LogP) is 3.43. The maximum atomic E-state index is 12.1. The van der Waals surface area contributed by atoms with Gasteiger partial charge in [-0.15, -0.1) is 0 Å². The number of halogens is 1. The number of benzene rings is 1. The van der Waals surface area contributed by atoms with Crippen molar-refractivity contribution in [2.75, 3.05) is 17.6 Å². The van der Waals surface area contributed by atoms with Crippen molar-refractivity contribution in [3.8, 4) is 0 Å². The van der Waals surface area contributed by atoms with Crippen molar-refractivity contribution in [3.63, 3.8) is 0 Å². The Balaban J connectivity index is 2.74. The second-order valence-electron chi connectivity index (χ2n) is 6.93. The molecule has 4 N–H and O–H groups in total. The Morgan fingerprint density at radius 1 is 1.35 bits per heavy atom. The van der Waals surface area contributed by atoms with Crippen LogP contribution < -0.4 is 16.4 Å². The Morgan fingerprint density at radius 2 is 2.00 bits per heavy atom. The van der Waals surface area contributed by atoms with Crippen molar-refractivity contribution in [2.24, 2.45) is 0 Å². The Labute approximate surface area is 143 Å². The van der Waals surface area contributed by atoms with Crippen LogP contribution in [-0.4, -0.2) is 30.2 Å². The minimum atomic E-state index is -0.488. The van der Waals surface area contributed by atoms with Crippen LogP contribution in [0.5, 0.6) is 0 Å². The van der Waals surface area contributed by atoms with Gasteiger partial charge < -0.3 is 21.1 Å². The third-order valence-electron chi connectivity index (χ3n) is 2.98. The van der Waals surface area contributed by atoms with Gasteiger partial charge in [-0.25, -0.2) is 0 Å². The fourth-order valence-electron chi connectivity index (χ4n) is 1.99. The third kappa shape index (κ3) is 8.09. The number of hydrogen-bond acceptors (Lipinski definition) is 5. The average molecular weight is 342 g/mol. The molecule has 0 unspecified atom stereocenters. The topological polar surface area (TPSA) is 76.4 Å². The summed E-state index contributed by atoms with van der Waals surface area (Å²) in [7, 11) is 0. The van der Waals surface area contributed by atoms with Crippen molar-refractivity contribution in [1.29, 1.82) is 0 Å². The van der Waals surface area contributed by atoms with E-state index in [-0.39, 0.29) is 18.4 Å². The largest absolute Gasteiger partial charge is 0.460 e. The van der Waals surface area contributed by atoms with E-state index in [4.69, 9.17) is 22.1 Å². The lowest BCUT2D eigenvalue weighted by atomic mass is 10.1. The van der Waals surface area contributed by atoms with E-state index in [1.807, 2.05) is 26.8 Å². The van der Waals surface area contributed by atoms with E-state index in [9.17, 15) is 4.79 Å². The van der Waals surface area contributed by atoms with Gasteiger partial charge in [0.05, 0.1) is 17.1 Å². The monoisotopic (exact) mass is 341 g/mol. The number of nitrogens with two attached hydrogens (primary N) is 1. The molecule has 0 aliphatic rings. The summed E-state index contributed by atoms with van der Waals surface area (Å²) < 4.78 is 5.40. The number of rotatable bonds is 7. The number of carbonyl (C=O) groups excluding carboxylic acids is 1. The first kappa shape index (κ1) is 19.6. The van der Waals surface area contributed by atoms with E-state index >= 15 is 0 Å². The summed E-state index contributed by atoms with van der Waals surface area (Å²) in [6, 6.07) is 5.57. The van der Waals surface area contributed by atoms with Crippen LogP contribution in [0.3, 0.4) is 0 Å². The average Bonchev–Trinajstić information content (AvgIpc) is 2.38. The number of anilines is 2. The van der Waals surface area contributed by atoms with Crippen LogP contribution in [0.25, 0.3) is 0 Å². The van der Waals surface area contributed by atoms with Crippen molar-refractivity contribution in [3.05, 3.63) is 23.2 Å². The molecule has 0 aliphatic carbocycles. The molecule has 5 nitrogen and oxygen atoms in total. The zero-order valence-electron chi connectivity index (χ0n) is 14.6. The number of nitrogen functional groups attached to an aromatic ring is 1. The number of hydrogen-bond donors (Lipinski definition) is 3. The molecule has 0 fully saturated rings. The van der Waals surface area contributed by atoms with E-state index in [2.05, 4.69) is 24.5 Å². The Morgan fingerprint density at radius 3 is 2.52 bits per heavy atom. The molecule has 0 aliphatic heterocycles. The molecule has 0 spiro atoms. The number of esters is 1. The third-order valence-corrected chi connectivity index (χ3v) is 3.30. The minimum Gasteiger partial charge on any atom is -0.460 e. The van der Waals surface area contributed by atoms with Crippen molar-refractivity contribution >= 4 is 28.9 Å². The Bertz CT molecular complexity index is 527. The molecule has 6 heteroatoms. The molecule has 0 radical (unpaired) electrons. The van der Waals surface area contributed by atoms with Gasteiger partial charge in [0.1, 0.15) is 5.60 Å². The van der Waals surface area contributed by atoms with Crippen LogP contribution in [0.4, 0.5) is 11.4 Å². The lowest BCUT2D eigenvalue weighted by Gasteiger charge is -2.24. The summed E-state index contributed by atoms with van der Waals surface area (Å²) in [5, 5.41) is 7.14. The van der Waals surface area contributed by atoms with Gasteiger partial charge in [0.25, 0.3) is 0 Å². The van der Waals surface area contributed by atoms with E-state index < -0.39 is 5.60 Å². The first-order chi connectivity index (χ1) is 10.6. The summed E-state index contributed by atoms with van der Waals surface area (Å²) in [6.45, 7) is 10.3. The van der Waals surface area contributed by atoms with Crippen LogP contribution in [0.1, 0.15) is 41.0 Å². The summed E-state index contributed by atoms with van der Waals surface area (Å²) in [5.41, 5.74) is 6.58. The smallest absolute Gasteiger partial charge is 0.308 e. The maximum absolute atomic E-state index is 12.1. The molecule has 1 aromatic carbocycles. The minimum absolute atomic E-state index is 0.105. The van der Waals surface area contributed by atoms with Gasteiger partial charge in [0, 0.05) is 24.3 Å². The van der Waals surface area contributed by atoms with Crippen molar-refractivity contribution < 1.29 is 9.53 Å². The van der Waals surface area contributed by atoms with Crippen molar-refractivity contribution in [1.82, 2.24) is 5.32 Å². The van der Waals surface area contributed by atoms with Crippen molar-refractivity contribution in [2.45, 2.75) is 58.7 Å². The second kappa shape index (κ2) is 8.41. The molecule has 0 amide bonds. The standard InChI is InChI=1S/C17H28ClN3O2/c1-11(2)20-10-13(9-16(22)23-17(3,4)5)21-12-6-7-15(19)14(18)8-12/h6-8,11,13,20-21H,9-10,19H2,1-5H3/t13-/m0/s1. The summed E-state index contributed by atoms with van der Waals surface area (Å²) >= 11 is 6.05. The molecule has 0 bridgehead atoms. The first-order valence-electron chi connectivity index (χ1n) is 7.83. The fraction of sp³-hybridized carbons (Fsp3) is 0.588. The molecular formula is C17H28ClN3O2. The maximum Gasteiger partial charge on any atom is 0.308 e. The van der Waals surface area contributed by atoms with Gasteiger partial charge in [-0.3, -0.25) is 4.79 Å². The van der Waals surface area contributed by atoms with E-state index in [1.165, 1.54) is 0 Å². The van der Waals surface area contributed by atoms with Gasteiger partial charge >= 0.3 is 5.97 Å². The van der Waals surface area contributed by atoms with Crippen LogP contribution in [-0.2, 0) is 9.53 Å². The summed E-state index contributed by atoms with van der Waals surface area (Å²) in [4.78, 5) is 12.1. The van der Waals surface area contributed by atoms with Gasteiger partial charge in [0.15, 0.2) is 0 Å². The molecule has 1 rings (SSSR count). The molecule has 130 valence electrons. The van der Waals surface area contributed by atoms with Crippen LogP contribution in [0.15, 0.2) is 18.2 Å². The second-order valence-corrected chi connectivity index (χ2v) is 7.34. The number of nitrogens with one attached hydrogen (secondary N) is 2. The van der Waals surface area contributed by atoms with Gasteiger partial charge in [0.2, 0.25) is 0 Å². The SMILES string of the molecule is CC(C)NC[C@H](CC(=O)OC(C)(C)C)Nc1ccc(N)c(Cl)c1. The molecule has 0 aromatic heterocycles. The summed E-state index contributed by atoms with van der Waals surface area (Å²) in [5.74, 6) is -0.234. The molecule has 1 atom stereocenters. The lowest BCUT2D eigenvalue weighted by molar-refractivity contribution is -0.155. The predicted molar refractivity (Wildman–Crippen MR) is 96.9 cm³/mol. The van der Waals surface area contributed by atoms with Gasteiger partial charge in [-0.1, -0.05) is 25.4 Å². The highest BCUT2D eigenvalue weighted by molar-refractivity contribution is 6.33. The molecule has 0 heterocycles. The van der Waals surface area contributed by atoms with Crippen LogP contribution >= 0.6 is 11.6 Å². The first-order valence-corrected chi connectivity index (χ1v) is 8.21. The quantitative estimate of drug-likeness (QED) is 0.523. The number of ether oxygens (including phenoxy) is 1. The van der Waals surface area contributed by atoms with E-state index in [1.54, 1.807) is 12.1 Å². The van der Waals surface area contributed by atoms with Crippen LogP contribution in [0, 0.1) is 0 Å². The number of carbonyl (C=O) groups is 1. The highest BCUT2D eigenvalue weighted by Crippen LogP contribution is 2.23. The molecule has 0 saturated heterocycles. The van der Waals surface area contributed by atoms with Gasteiger partial charge in [-0.05, 0) is 39.0 Å². The van der Waals surface area contributed by atoms with Crippen LogP contribution in [0.2, 0.25) is 5.02 Å². The molecular weight excluding hydrogens is 314 g/mol.